The lowest BCUT2D eigenvalue weighted by Gasteiger charge is -2.19. The topological polar surface area (TPSA) is 26.7 Å². The quantitative estimate of drug-likeness (QED) is 0.792. The van der Waals surface area contributed by atoms with E-state index in [0.717, 1.165) is 25.2 Å². The average Bonchev–Trinajstić information content (AvgIpc) is 2.15. The maximum absolute atomic E-state index is 9.32. The van der Waals surface area contributed by atoms with Crippen molar-refractivity contribution in [1.29, 1.82) is 0 Å². The van der Waals surface area contributed by atoms with E-state index in [9.17, 15) is 5.11 Å². The van der Waals surface area contributed by atoms with E-state index in [-0.39, 0.29) is 0 Å². The molecule has 3 heteroatoms. The number of phenols is 1. The van der Waals surface area contributed by atoms with Crippen LogP contribution in [0.3, 0.4) is 0 Å². The molecule has 0 amide bonds. The van der Waals surface area contributed by atoms with Crippen molar-refractivity contribution >= 4 is 0 Å². The molecule has 0 saturated carbocycles. The van der Waals surface area contributed by atoms with E-state index in [1.165, 1.54) is 0 Å². The number of rotatable bonds is 5. The number of nitrogens with zero attached hydrogens (tertiary/aromatic N) is 2. The summed E-state index contributed by atoms with van der Waals surface area (Å²) in [5, 5.41) is 9.32. The van der Waals surface area contributed by atoms with Crippen LogP contribution in [0.1, 0.15) is 5.56 Å². The van der Waals surface area contributed by atoms with E-state index in [4.69, 9.17) is 0 Å². The number of benzene rings is 1. The monoisotopic (exact) mass is 208 g/mol. The van der Waals surface area contributed by atoms with Gasteiger partial charge < -0.3 is 14.9 Å². The van der Waals surface area contributed by atoms with Crippen molar-refractivity contribution < 1.29 is 5.11 Å². The Morgan fingerprint density at radius 2 is 1.87 bits per heavy atom. The molecule has 1 aromatic carbocycles. The minimum Gasteiger partial charge on any atom is -0.508 e. The molecule has 0 unspecified atom stereocenters. The van der Waals surface area contributed by atoms with Crippen LogP contribution < -0.4 is 0 Å². The first-order valence-electron chi connectivity index (χ1n) is 5.19. The number of hydrogen-bond acceptors (Lipinski definition) is 3. The van der Waals surface area contributed by atoms with Crippen LogP contribution in [-0.4, -0.2) is 49.1 Å². The van der Waals surface area contributed by atoms with E-state index < -0.39 is 0 Å². The fraction of sp³-hybridized carbons (Fsp3) is 0.500. The van der Waals surface area contributed by atoms with Crippen LogP contribution in [0, 0.1) is 0 Å². The molecule has 3 nitrogen and oxygen atoms in total. The zero-order valence-electron chi connectivity index (χ0n) is 9.77. The molecule has 0 bridgehead atoms. The molecule has 0 radical (unpaired) electrons. The predicted octanol–water partition coefficient (Wildman–Crippen LogP) is 1.39. The minimum atomic E-state index is 0.341. The van der Waals surface area contributed by atoms with Crippen molar-refractivity contribution in [2.45, 2.75) is 6.54 Å². The van der Waals surface area contributed by atoms with E-state index >= 15 is 0 Å². The SMILES string of the molecule is CN(C)CCN(C)Cc1cccc(O)c1. The summed E-state index contributed by atoms with van der Waals surface area (Å²) in [6, 6.07) is 7.42. The van der Waals surface area contributed by atoms with Crippen LogP contribution >= 0.6 is 0 Å². The Hall–Kier alpha value is -1.06. The summed E-state index contributed by atoms with van der Waals surface area (Å²) >= 11 is 0. The molecule has 0 aliphatic heterocycles. The molecule has 1 N–H and O–H groups in total. The third-order valence-electron chi connectivity index (χ3n) is 2.29. The number of aromatic hydroxyl groups is 1. The molecular formula is C12H20N2O. The first kappa shape index (κ1) is 12.0. The maximum atomic E-state index is 9.32. The Morgan fingerprint density at radius 1 is 1.13 bits per heavy atom. The third kappa shape index (κ3) is 4.81. The molecule has 0 aliphatic carbocycles. The molecule has 1 rings (SSSR count). The van der Waals surface area contributed by atoms with Gasteiger partial charge in [-0.3, -0.25) is 0 Å². The van der Waals surface area contributed by atoms with E-state index in [1.807, 2.05) is 18.2 Å². The molecule has 15 heavy (non-hydrogen) atoms. The lowest BCUT2D eigenvalue weighted by molar-refractivity contribution is 0.276. The molecule has 0 saturated heterocycles. The second kappa shape index (κ2) is 5.73. The highest BCUT2D eigenvalue weighted by atomic mass is 16.3. The number of phenolic OH excluding ortho intramolecular Hbond substituents is 1. The van der Waals surface area contributed by atoms with Gasteiger partial charge in [0.25, 0.3) is 0 Å². The zero-order chi connectivity index (χ0) is 11.3. The van der Waals surface area contributed by atoms with Crippen molar-refractivity contribution in [2.24, 2.45) is 0 Å². The van der Waals surface area contributed by atoms with E-state index in [1.54, 1.807) is 6.07 Å². The van der Waals surface area contributed by atoms with Gasteiger partial charge in [-0.1, -0.05) is 12.1 Å². The lowest BCUT2D eigenvalue weighted by atomic mass is 10.2. The molecule has 0 aliphatic rings. The smallest absolute Gasteiger partial charge is 0.115 e. The molecule has 0 spiro atoms. The number of likely N-dealkylation sites (N-methyl/N-ethyl adjacent to an activating group) is 2. The Labute approximate surface area is 91.9 Å². The lowest BCUT2D eigenvalue weighted by Crippen LogP contribution is -2.28. The van der Waals surface area contributed by atoms with Crippen molar-refractivity contribution in [3.63, 3.8) is 0 Å². The second-order valence-corrected chi connectivity index (χ2v) is 4.21. The Morgan fingerprint density at radius 3 is 2.47 bits per heavy atom. The fourth-order valence-corrected chi connectivity index (χ4v) is 1.42. The second-order valence-electron chi connectivity index (χ2n) is 4.21. The van der Waals surface area contributed by atoms with Gasteiger partial charge in [0, 0.05) is 19.6 Å². The van der Waals surface area contributed by atoms with Gasteiger partial charge in [0.1, 0.15) is 5.75 Å². The number of hydrogen-bond donors (Lipinski definition) is 1. The van der Waals surface area contributed by atoms with Crippen LogP contribution in [0.4, 0.5) is 0 Å². The Balaban J connectivity index is 2.40. The summed E-state index contributed by atoms with van der Waals surface area (Å²) in [6.07, 6.45) is 0. The molecule has 0 heterocycles. The minimum absolute atomic E-state index is 0.341. The standard InChI is InChI=1S/C12H20N2O/c1-13(2)7-8-14(3)10-11-5-4-6-12(15)9-11/h4-6,9,15H,7-8,10H2,1-3H3. The summed E-state index contributed by atoms with van der Waals surface area (Å²) < 4.78 is 0. The molecule has 0 aromatic heterocycles. The Bertz CT molecular complexity index is 299. The third-order valence-corrected chi connectivity index (χ3v) is 2.29. The van der Waals surface area contributed by atoms with Crippen molar-refractivity contribution in [2.75, 3.05) is 34.2 Å². The van der Waals surface area contributed by atoms with Gasteiger partial charge in [0.2, 0.25) is 0 Å². The first-order valence-corrected chi connectivity index (χ1v) is 5.19. The van der Waals surface area contributed by atoms with Crippen molar-refractivity contribution in [3.05, 3.63) is 29.8 Å². The summed E-state index contributed by atoms with van der Waals surface area (Å²) in [5.74, 6) is 0.341. The highest BCUT2D eigenvalue weighted by Gasteiger charge is 2.01. The van der Waals surface area contributed by atoms with E-state index in [0.29, 0.717) is 5.75 Å². The van der Waals surface area contributed by atoms with Crippen LogP contribution in [0.5, 0.6) is 5.75 Å². The predicted molar refractivity (Wildman–Crippen MR) is 63.0 cm³/mol. The maximum Gasteiger partial charge on any atom is 0.115 e. The van der Waals surface area contributed by atoms with Gasteiger partial charge in [0.15, 0.2) is 0 Å². The van der Waals surface area contributed by atoms with Gasteiger partial charge in [0.05, 0.1) is 0 Å². The molecule has 0 atom stereocenters. The largest absolute Gasteiger partial charge is 0.508 e. The normalized spacial score (nSPS) is 11.3. The van der Waals surface area contributed by atoms with Gasteiger partial charge in [-0.2, -0.15) is 0 Å². The van der Waals surface area contributed by atoms with Crippen LogP contribution in [0.2, 0.25) is 0 Å². The van der Waals surface area contributed by atoms with Crippen molar-refractivity contribution in [1.82, 2.24) is 9.80 Å². The molecular weight excluding hydrogens is 188 g/mol. The van der Waals surface area contributed by atoms with Gasteiger partial charge >= 0.3 is 0 Å². The summed E-state index contributed by atoms with van der Waals surface area (Å²) in [4.78, 5) is 4.41. The summed E-state index contributed by atoms with van der Waals surface area (Å²) in [5.41, 5.74) is 1.15. The van der Waals surface area contributed by atoms with Crippen LogP contribution in [0.15, 0.2) is 24.3 Å². The van der Waals surface area contributed by atoms with E-state index in [2.05, 4.69) is 30.9 Å². The molecule has 84 valence electrons. The average molecular weight is 208 g/mol. The van der Waals surface area contributed by atoms with Gasteiger partial charge in [-0.25, -0.2) is 0 Å². The first-order chi connectivity index (χ1) is 7.08. The van der Waals surface area contributed by atoms with Gasteiger partial charge in [-0.15, -0.1) is 0 Å². The van der Waals surface area contributed by atoms with Crippen molar-refractivity contribution in [3.8, 4) is 5.75 Å². The summed E-state index contributed by atoms with van der Waals surface area (Å²) in [6.45, 7) is 2.96. The zero-order valence-corrected chi connectivity index (χ0v) is 9.77. The highest BCUT2D eigenvalue weighted by molar-refractivity contribution is 5.26. The van der Waals surface area contributed by atoms with Crippen LogP contribution in [0.25, 0.3) is 0 Å². The fourth-order valence-electron chi connectivity index (χ4n) is 1.42. The summed E-state index contributed by atoms with van der Waals surface area (Å²) in [7, 11) is 6.23. The Kier molecular flexibility index (Phi) is 4.59. The molecule has 1 aromatic rings. The van der Waals surface area contributed by atoms with Gasteiger partial charge in [-0.05, 0) is 38.8 Å². The van der Waals surface area contributed by atoms with Crippen LogP contribution in [-0.2, 0) is 6.54 Å². The highest BCUT2D eigenvalue weighted by Crippen LogP contribution is 2.12. The molecule has 0 fully saturated rings.